The SMILES string of the molecule is O=C(CSC1=NNC2C3CC(c4ccc(F)cc4)NN3C=CN12)Nc1ccccc1F. The Balaban J connectivity index is 1.19. The zero-order valence-corrected chi connectivity index (χ0v) is 17.2. The Morgan fingerprint density at radius 2 is 1.97 bits per heavy atom. The molecule has 3 unspecified atom stereocenters. The summed E-state index contributed by atoms with van der Waals surface area (Å²) < 4.78 is 26.9. The fourth-order valence-corrected chi connectivity index (χ4v) is 4.71. The van der Waals surface area contributed by atoms with E-state index in [1.165, 1.54) is 36.0 Å². The number of hydrazone groups is 1. The van der Waals surface area contributed by atoms with Gasteiger partial charge in [0.25, 0.3) is 0 Å². The van der Waals surface area contributed by atoms with E-state index in [4.69, 9.17) is 0 Å². The van der Waals surface area contributed by atoms with Crippen LogP contribution in [0.1, 0.15) is 18.0 Å². The predicted octanol–water partition coefficient (Wildman–Crippen LogP) is 2.94. The second-order valence-electron chi connectivity index (χ2n) is 7.43. The molecule has 160 valence electrons. The highest BCUT2D eigenvalue weighted by Gasteiger charge is 2.44. The third-order valence-corrected chi connectivity index (χ3v) is 6.42. The molecule has 3 aliphatic rings. The third kappa shape index (κ3) is 3.96. The van der Waals surface area contributed by atoms with E-state index in [1.807, 2.05) is 22.3 Å². The minimum atomic E-state index is -0.468. The molecule has 3 atom stereocenters. The highest BCUT2D eigenvalue weighted by Crippen LogP contribution is 2.35. The van der Waals surface area contributed by atoms with Crippen molar-refractivity contribution in [1.82, 2.24) is 20.8 Å². The molecule has 2 aromatic carbocycles. The molecule has 7 nitrogen and oxygen atoms in total. The summed E-state index contributed by atoms with van der Waals surface area (Å²) in [5, 5.41) is 9.69. The predicted molar refractivity (Wildman–Crippen MR) is 115 cm³/mol. The summed E-state index contributed by atoms with van der Waals surface area (Å²) in [5.74, 6) is -0.916. The molecule has 5 rings (SSSR count). The van der Waals surface area contributed by atoms with Gasteiger partial charge in [-0.2, -0.15) is 5.10 Å². The first-order valence-electron chi connectivity index (χ1n) is 9.85. The van der Waals surface area contributed by atoms with Crippen molar-refractivity contribution in [2.24, 2.45) is 5.10 Å². The van der Waals surface area contributed by atoms with E-state index in [0.29, 0.717) is 5.17 Å². The van der Waals surface area contributed by atoms with Crippen LogP contribution < -0.4 is 16.2 Å². The molecule has 0 bridgehead atoms. The molecule has 3 aliphatic heterocycles. The van der Waals surface area contributed by atoms with Crippen molar-refractivity contribution in [3.05, 3.63) is 78.1 Å². The van der Waals surface area contributed by atoms with Gasteiger partial charge in [-0.15, -0.1) is 0 Å². The molecule has 0 spiro atoms. The number of nitrogens with zero attached hydrogens (tertiary/aromatic N) is 3. The Morgan fingerprint density at radius 1 is 1.16 bits per heavy atom. The van der Waals surface area contributed by atoms with Crippen molar-refractivity contribution in [2.75, 3.05) is 11.1 Å². The highest BCUT2D eigenvalue weighted by atomic mass is 32.2. The number of nitrogens with one attached hydrogen (secondary N) is 3. The Hall–Kier alpha value is -3.11. The summed E-state index contributed by atoms with van der Waals surface area (Å²) in [6.45, 7) is 0. The van der Waals surface area contributed by atoms with Crippen LogP contribution in [0.2, 0.25) is 0 Å². The van der Waals surface area contributed by atoms with E-state index in [9.17, 15) is 13.6 Å². The molecule has 1 fully saturated rings. The maximum absolute atomic E-state index is 13.7. The summed E-state index contributed by atoms with van der Waals surface area (Å²) in [6, 6.07) is 12.8. The Morgan fingerprint density at radius 3 is 2.77 bits per heavy atom. The number of hydrogen-bond donors (Lipinski definition) is 3. The van der Waals surface area contributed by atoms with E-state index < -0.39 is 5.82 Å². The molecule has 3 heterocycles. The number of rotatable bonds is 4. The lowest BCUT2D eigenvalue weighted by Gasteiger charge is -2.36. The normalized spacial score (nSPS) is 23.8. The third-order valence-electron chi connectivity index (χ3n) is 5.46. The van der Waals surface area contributed by atoms with E-state index in [1.54, 1.807) is 24.3 Å². The van der Waals surface area contributed by atoms with E-state index in [-0.39, 0.29) is 41.4 Å². The van der Waals surface area contributed by atoms with Crippen LogP contribution in [0.5, 0.6) is 0 Å². The summed E-state index contributed by atoms with van der Waals surface area (Å²) in [6.07, 6.45) is 4.57. The van der Waals surface area contributed by atoms with E-state index in [2.05, 4.69) is 21.3 Å². The van der Waals surface area contributed by atoms with Crippen molar-refractivity contribution in [1.29, 1.82) is 0 Å². The maximum atomic E-state index is 13.7. The summed E-state index contributed by atoms with van der Waals surface area (Å²) in [7, 11) is 0. The van der Waals surface area contributed by atoms with Gasteiger partial charge < -0.3 is 15.2 Å². The van der Waals surface area contributed by atoms with Gasteiger partial charge in [0.15, 0.2) is 5.17 Å². The number of benzene rings is 2. The monoisotopic (exact) mass is 442 g/mol. The number of hydrazine groups is 1. The lowest BCUT2D eigenvalue weighted by molar-refractivity contribution is -0.113. The van der Waals surface area contributed by atoms with Crippen molar-refractivity contribution in [3.63, 3.8) is 0 Å². The fourth-order valence-electron chi connectivity index (χ4n) is 3.94. The summed E-state index contributed by atoms with van der Waals surface area (Å²) >= 11 is 1.28. The standard InChI is InChI=1S/C21H20F2N6OS/c22-14-7-5-13(6-8-14)17-11-18-20-25-26-21(28(20)9-10-29(18)27-17)31-12-19(30)24-16-4-2-1-3-15(16)23/h1-10,17-18,20,25,27H,11-12H2,(H,24,30). The molecule has 1 saturated heterocycles. The van der Waals surface area contributed by atoms with E-state index in [0.717, 1.165) is 12.0 Å². The largest absolute Gasteiger partial charge is 0.323 e. The van der Waals surface area contributed by atoms with Gasteiger partial charge in [-0.1, -0.05) is 36.0 Å². The number of amides is 1. The molecule has 2 aromatic rings. The van der Waals surface area contributed by atoms with Crippen LogP contribution in [-0.4, -0.2) is 38.9 Å². The first kappa shape index (κ1) is 19.8. The van der Waals surface area contributed by atoms with Crippen LogP contribution in [0, 0.1) is 11.6 Å². The molecule has 31 heavy (non-hydrogen) atoms. The van der Waals surface area contributed by atoms with Gasteiger partial charge >= 0.3 is 0 Å². The van der Waals surface area contributed by atoms with Gasteiger partial charge in [0, 0.05) is 12.4 Å². The van der Waals surface area contributed by atoms with Gasteiger partial charge in [-0.3, -0.25) is 10.2 Å². The molecule has 0 radical (unpaired) electrons. The summed E-state index contributed by atoms with van der Waals surface area (Å²) in [4.78, 5) is 14.2. The Labute approximate surface area is 182 Å². The van der Waals surface area contributed by atoms with Crippen LogP contribution in [0.15, 0.2) is 66.0 Å². The molecule has 10 heteroatoms. The average molecular weight is 442 g/mol. The summed E-state index contributed by atoms with van der Waals surface area (Å²) in [5.41, 5.74) is 7.78. The number of carbonyl (C=O) groups is 1. The van der Waals surface area contributed by atoms with Crippen molar-refractivity contribution >= 4 is 28.5 Å². The molecule has 0 aromatic heterocycles. The number of halogens is 2. The number of amidine groups is 1. The van der Waals surface area contributed by atoms with Gasteiger partial charge in [0.2, 0.25) is 5.91 Å². The zero-order valence-electron chi connectivity index (χ0n) is 16.3. The smallest absolute Gasteiger partial charge is 0.234 e. The van der Waals surface area contributed by atoms with Crippen molar-refractivity contribution in [2.45, 2.75) is 24.7 Å². The number of carbonyl (C=O) groups excluding carboxylic acids is 1. The molecule has 3 N–H and O–H groups in total. The van der Waals surface area contributed by atoms with Gasteiger partial charge in [0.05, 0.1) is 23.5 Å². The number of thioether (sulfide) groups is 1. The first-order chi connectivity index (χ1) is 15.1. The topological polar surface area (TPSA) is 72.0 Å². The van der Waals surface area contributed by atoms with Crippen LogP contribution >= 0.6 is 11.8 Å². The number of fused-ring (bicyclic) bond motifs is 3. The minimum Gasteiger partial charge on any atom is -0.323 e. The van der Waals surface area contributed by atoms with Crippen molar-refractivity contribution in [3.8, 4) is 0 Å². The first-order valence-corrected chi connectivity index (χ1v) is 10.8. The van der Waals surface area contributed by atoms with Crippen LogP contribution in [0.3, 0.4) is 0 Å². The van der Waals surface area contributed by atoms with Crippen LogP contribution in [0.4, 0.5) is 14.5 Å². The molecular formula is C21H20F2N6OS. The lowest BCUT2D eigenvalue weighted by atomic mass is 10.00. The number of anilines is 1. The van der Waals surface area contributed by atoms with Gasteiger partial charge in [0.1, 0.15) is 17.8 Å². The molecule has 0 aliphatic carbocycles. The number of para-hydroxylation sites is 1. The van der Waals surface area contributed by atoms with E-state index >= 15 is 0 Å². The zero-order chi connectivity index (χ0) is 21.4. The second kappa shape index (κ2) is 8.20. The Bertz CT molecular complexity index is 1050. The highest BCUT2D eigenvalue weighted by molar-refractivity contribution is 8.14. The quantitative estimate of drug-likeness (QED) is 0.677. The Kier molecular flexibility index (Phi) is 5.24. The minimum absolute atomic E-state index is 0.0697. The second-order valence-corrected chi connectivity index (χ2v) is 8.38. The molecular weight excluding hydrogens is 422 g/mol. The maximum Gasteiger partial charge on any atom is 0.234 e. The number of hydrogen-bond acceptors (Lipinski definition) is 7. The van der Waals surface area contributed by atoms with Crippen molar-refractivity contribution < 1.29 is 13.6 Å². The average Bonchev–Trinajstić information content (AvgIpc) is 3.38. The van der Waals surface area contributed by atoms with Gasteiger partial charge in [-0.05, 0) is 36.2 Å². The lowest BCUT2D eigenvalue weighted by Crippen LogP contribution is -2.54. The van der Waals surface area contributed by atoms with Crippen LogP contribution in [0.25, 0.3) is 0 Å². The molecule has 1 amide bonds. The fraction of sp³-hybridized carbons (Fsp3) is 0.238. The van der Waals surface area contributed by atoms with Gasteiger partial charge in [-0.25, -0.2) is 14.2 Å². The molecule has 0 saturated carbocycles. The van der Waals surface area contributed by atoms with Crippen LogP contribution in [-0.2, 0) is 4.79 Å².